The molecule has 0 unspecified atom stereocenters. The van der Waals surface area contributed by atoms with Gasteiger partial charge in [0.2, 0.25) is 5.91 Å². The molecule has 3 rings (SSSR count). The van der Waals surface area contributed by atoms with E-state index in [9.17, 15) is 14.4 Å². The molecule has 0 radical (unpaired) electrons. The minimum Gasteiger partial charge on any atom is -0.465 e. The van der Waals surface area contributed by atoms with E-state index in [0.717, 1.165) is 11.1 Å². The van der Waals surface area contributed by atoms with Gasteiger partial charge < -0.3 is 15.4 Å². The molecule has 0 saturated carbocycles. The molecule has 0 atom stereocenters. The van der Waals surface area contributed by atoms with Gasteiger partial charge in [0, 0.05) is 12.2 Å². The maximum Gasteiger partial charge on any atom is 0.337 e. The molecule has 3 aromatic rings. The van der Waals surface area contributed by atoms with Crippen LogP contribution in [0.4, 0.5) is 5.69 Å². The van der Waals surface area contributed by atoms with Gasteiger partial charge in [-0.15, -0.1) is 11.3 Å². The Morgan fingerprint density at radius 3 is 2.52 bits per heavy atom. The molecule has 31 heavy (non-hydrogen) atoms. The Morgan fingerprint density at radius 1 is 1.06 bits per heavy atom. The van der Waals surface area contributed by atoms with E-state index < -0.39 is 5.97 Å². The third kappa shape index (κ3) is 5.99. The summed E-state index contributed by atoms with van der Waals surface area (Å²) in [6, 6.07) is 14.4. The molecule has 0 aliphatic rings. The monoisotopic (exact) mass is 437 g/mol. The Balaban J connectivity index is 1.60. The molecule has 0 fully saturated rings. The van der Waals surface area contributed by atoms with Gasteiger partial charge >= 0.3 is 5.97 Å². The van der Waals surface area contributed by atoms with Gasteiger partial charge in [0.25, 0.3) is 5.91 Å². The Hall–Kier alpha value is -3.52. The minimum absolute atomic E-state index is 0.0270. The van der Waals surface area contributed by atoms with Gasteiger partial charge in [-0.05, 0) is 37.6 Å². The van der Waals surface area contributed by atoms with Crippen LogP contribution in [-0.4, -0.2) is 29.9 Å². The molecule has 2 amide bonds. The van der Waals surface area contributed by atoms with Crippen LogP contribution in [-0.2, 0) is 22.5 Å². The van der Waals surface area contributed by atoms with Crippen molar-refractivity contribution in [2.24, 2.45) is 0 Å². The van der Waals surface area contributed by atoms with Gasteiger partial charge in [-0.25, -0.2) is 9.78 Å². The van der Waals surface area contributed by atoms with Crippen molar-refractivity contribution in [2.75, 3.05) is 12.4 Å². The number of rotatable bonds is 7. The second kappa shape index (κ2) is 9.99. The van der Waals surface area contributed by atoms with Gasteiger partial charge in [0.05, 0.1) is 24.8 Å². The molecule has 0 aliphatic heterocycles. The number of ether oxygens (including phenoxy) is 1. The van der Waals surface area contributed by atoms with E-state index in [4.69, 9.17) is 0 Å². The summed E-state index contributed by atoms with van der Waals surface area (Å²) in [6.07, 6.45) is 0.0270. The van der Waals surface area contributed by atoms with Crippen molar-refractivity contribution in [3.8, 4) is 0 Å². The number of esters is 1. The number of thiazole rings is 1. The lowest BCUT2D eigenvalue weighted by Crippen LogP contribution is -2.22. The third-order valence-electron chi connectivity index (χ3n) is 4.50. The summed E-state index contributed by atoms with van der Waals surface area (Å²) < 4.78 is 4.69. The minimum atomic E-state index is -0.479. The average molecular weight is 438 g/mol. The van der Waals surface area contributed by atoms with Gasteiger partial charge in [-0.2, -0.15) is 0 Å². The van der Waals surface area contributed by atoms with Gasteiger partial charge in [-0.1, -0.05) is 35.9 Å². The standard InChI is InChI=1S/C23H23N3O4S/c1-14-7-9-16(10-8-14)13-24-22(28)21-15(2)25-20(31-21)12-19(27)26-18-6-4-5-17(11-18)23(29)30-3/h4-11H,12-13H2,1-3H3,(H,24,28)(H,26,27). The van der Waals surface area contributed by atoms with Gasteiger partial charge in [-0.3, -0.25) is 9.59 Å². The Morgan fingerprint density at radius 2 is 1.81 bits per heavy atom. The van der Waals surface area contributed by atoms with Crippen LogP contribution in [0, 0.1) is 13.8 Å². The highest BCUT2D eigenvalue weighted by Gasteiger charge is 2.17. The van der Waals surface area contributed by atoms with Crippen molar-refractivity contribution >= 4 is 34.8 Å². The smallest absolute Gasteiger partial charge is 0.337 e. The highest BCUT2D eigenvalue weighted by atomic mass is 32.1. The topological polar surface area (TPSA) is 97.4 Å². The summed E-state index contributed by atoms with van der Waals surface area (Å²) in [5, 5.41) is 6.17. The molecule has 160 valence electrons. The van der Waals surface area contributed by atoms with Gasteiger partial charge in [0.1, 0.15) is 9.88 Å². The van der Waals surface area contributed by atoms with E-state index in [1.807, 2.05) is 31.2 Å². The number of hydrogen-bond acceptors (Lipinski definition) is 6. The number of nitrogens with one attached hydrogen (secondary N) is 2. The van der Waals surface area contributed by atoms with Crippen LogP contribution in [0.15, 0.2) is 48.5 Å². The lowest BCUT2D eigenvalue weighted by Gasteiger charge is -2.06. The van der Waals surface area contributed by atoms with E-state index in [-0.39, 0.29) is 18.2 Å². The molecule has 1 heterocycles. The largest absolute Gasteiger partial charge is 0.465 e. The number of aromatic nitrogens is 1. The van der Waals surface area contributed by atoms with Crippen molar-refractivity contribution in [3.05, 3.63) is 80.8 Å². The molecular weight excluding hydrogens is 414 g/mol. The summed E-state index contributed by atoms with van der Waals surface area (Å²) in [5.41, 5.74) is 3.58. The van der Waals surface area contributed by atoms with E-state index in [1.165, 1.54) is 18.4 Å². The molecule has 2 aromatic carbocycles. The molecule has 0 spiro atoms. The van der Waals surface area contributed by atoms with Crippen LogP contribution >= 0.6 is 11.3 Å². The number of anilines is 1. The van der Waals surface area contributed by atoms with Crippen molar-refractivity contribution < 1.29 is 19.1 Å². The Bertz CT molecular complexity index is 1110. The number of carbonyl (C=O) groups excluding carboxylic acids is 3. The second-order valence-electron chi connectivity index (χ2n) is 6.99. The summed E-state index contributed by atoms with van der Waals surface area (Å²) >= 11 is 1.20. The zero-order valence-corrected chi connectivity index (χ0v) is 18.3. The van der Waals surface area contributed by atoms with Crippen LogP contribution in [0.3, 0.4) is 0 Å². The number of aryl methyl sites for hydroxylation is 2. The van der Waals surface area contributed by atoms with Crippen molar-refractivity contribution in [1.29, 1.82) is 0 Å². The summed E-state index contributed by atoms with van der Waals surface area (Å²) in [6.45, 7) is 4.18. The van der Waals surface area contributed by atoms with E-state index in [0.29, 0.717) is 33.4 Å². The fourth-order valence-electron chi connectivity index (χ4n) is 2.89. The van der Waals surface area contributed by atoms with Crippen LogP contribution in [0.1, 0.15) is 41.9 Å². The maximum atomic E-state index is 12.5. The van der Waals surface area contributed by atoms with Gasteiger partial charge in [0.15, 0.2) is 0 Å². The summed E-state index contributed by atoms with van der Waals surface area (Å²) in [4.78, 5) is 41.4. The first kappa shape index (κ1) is 22.2. The zero-order valence-electron chi connectivity index (χ0n) is 17.5. The number of methoxy groups -OCH3 is 1. The first-order chi connectivity index (χ1) is 14.9. The fraction of sp³-hybridized carbons (Fsp3) is 0.217. The molecule has 7 nitrogen and oxygen atoms in total. The van der Waals surface area contributed by atoms with Crippen molar-refractivity contribution in [2.45, 2.75) is 26.8 Å². The number of hydrogen-bond donors (Lipinski definition) is 2. The second-order valence-corrected chi connectivity index (χ2v) is 8.07. The third-order valence-corrected chi connectivity index (χ3v) is 5.66. The molecule has 2 N–H and O–H groups in total. The summed E-state index contributed by atoms with van der Waals surface area (Å²) in [5.74, 6) is -0.983. The first-order valence-electron chi connectivity index (χ1n) is 9.64. The first-order valence-corrected chi connectivity index (χ1v) is 10.5. The molecule has 1 aromatic heterocycles. The van der Waals surface area contributed by atoms with Crippen molar-refractivity contribution in [1.82, 2.24) is 10.3 Å². The number of nitrogens with zero attached hydrogens (tertiary/aromatic N) is 1. The SMILES string of the molecule is COC(=O)c1cccc(NC(=O)Cc2nc(C)c(C(=O)NCc3ccc(C)cc3)s2)c1. The maximum absolute atomic E-state index is 12.5. The van der Waals surface area contributed by atoms with Crippen molar-refractivity contribution in [3.63, 3.8) is 0 Å². The summed E-state index contributed by atoms with van der Waals surface area (Å²) in [7, 11) is 1.30. The number of carbonyl (C=O) groups is 3. The quantitative estimate of drug-likeness (QED) is 0.550. The van der Waals surface area contributed by atoms with Crippen LogP contribution in [0.25, 0.3) is 0 Å². The lowest BCUT2D eigenvalue weighted by molar-refractivity contribution is -0.115. The fourth-order valence-corrected chi connectivity index (χ4v) is 3.87. The van der Waals surface area contributed by atoms with E-state index in [2.05, 4.69) is 20.4 Å². The van der Waals surface area contributed by atoms with Crippen LogP contribution in [0.5, 0.6) is 0 Å². The average Bonchev–Trinajstić information content (AvgIpc) is 3.12. The van der Waals surface area contributed by atoms with Crippen LogP contribution in [0.2, 0.25) is 0 Å². The molecule has 0 saturated heterocycles. The highest BCUT2D eigenvalue weighted by molar-refractivity contribution is 7.13. The lowest BCUT2D eigenvalue weighted by atomic mass is 10.1. The normalized spacial score (nSPS) is 10.4. The highest BCUT2D eigenvalue weighted by Crippen LogP contribution is 2.20. The molecule has 0 aliphatic carbocycles. The Labute approximate surface area is 184 Å². The predicted octanol–water partition coefficient (Wildman–Crippen LogP) is 3.66. The molecule has 0 bridgehead atoms. The molecule has 8 heteroatoms. The zero-order chi connectivity index (χ0) is 22.4. The predicted molar refractivity (Wildman–Crippen MR) is 119 cm³/mol. The van der Waals surface area contributed by atoms with Crippen LogP contribution < -0.4 is 10.6 Å². The number of benzene rings is 2. The van der Waals surface area contributed by atoms with E-state index >= 15 is 0 Å². The Kier molecular flexibility index (Phi) is 7.15. The number of amides is 2. The van der Waals surface area contributed by atoms with E-state index in [1.54, 1.807) is 31.2 Å². The molecular formula is C23H23N3O4S.